The van der Waals surface area contributed by atoms with Gasteiger partial charge in [0.05, 0.1) is 11.5 Å². The molecule has 0 saturated heterocycles. The van der Waals surface area contributed by atoms with Crippen LogP contribution in [0.5, 0.6) is 0 Å². The van der Waals surface area contributed by atoms with Crippen LogP contribution in [0, 0.1) is 69.0 Å². The quantitative estimate of drug-likeness (QED) is 0.0840. The maximum atomic E-state index is 12.5. The SMILES string of the molecule is C=CC(=C)[C@@H]1C[C@@H](OC(=O)CCl)[C@]2(C)[C@H](C)CC[C@]3(CC=C(O[Si](C)(C)C(C)(C)C)[C@H]32)[C@H]1C.C=CC(=C)[C@@H]1C[C@@H](OC(=O)CCl)[C@]2(C)[C@H](C)CC[C@]3(CC=C(O[Si](C)(C)C(C)(C)C)[C@H]32)[C@H]1C. The van der Waals surface area contributed by atoms with E-state index in [1.165, 1.54) is 0 Å². The summed E-state index contributed by atoms with van der Waals surface area (Å²) in [6, 6.07) is 0. The first-order valence-corrected chi connectivity index (χ1v) is 32.1. The number of carbonyl (C=O) groups excluding carboxylic acids is 2. The number of allylic oxidation sites excluding steroid dienone is 8. The van der Waals surface area contributed by atoms with Gasteiger partial charge in [-0.25, -0.2) is 0 Å². The Labute approximate surface area is 414 Å². The molecule has 0 N–H and O–H groups in total. The van der Waals surface area contributed by atoms with Gasteiger partial charge in [-0.1, -0.05) is 133 Å². The lowest BCUT2D eigenvalue weighted by Crippen LogP contribution is -2.55. The van der Waals surface area contributed by atoms with Gasteiger partial charge in [0.2, 0.25) is 16.6 Å². The molecule has 0 radical (unpaired) electrons. The number of hydrogen-bond acceptors (Lipinski definition) is 6. The van der Waals surface area contributed by atoms with E-state index in [9.17, 15) is 9.59 Å². The molecule has 0 aromatic heterocycles. The number of carbonyl (C=O) groups is 2. The zero-order valence-electron chi connectivity index (χ0n) is 44.2. The Bertz CT molecular complexity index is 1820. The molecule has 372 valence electrons. The lowest BCUT2D eigenvalue weighted by Gasteiger charge is -2.57. The number of ether oxygens (including phenoxy) is 2. The van der Waals surface area contributed by atoms with Gasteiger partial charge in [-0.15, -0.1) is 23.2 Å². The molecule has 66 heavy (non-hydrogen) atoms. The Hall–Kier alpha value is -2.01. The number of hydrogen-bond donors (Lipinski definition) is 0. The number of alkyl halides is 2. The Morgan fingerprint density at radius 1 is 0.667 bits per heavy atom. The highest BCUT2D eigenvalue weighted by Gasteiger charge is 2.69. The van der Waals surface area contributed by atoms with Gasteiger partial charge in [-0.2, -0.15) is 0 Å². The Morgan fingerprint density at radius 2 is 0.985 bits per heavy atom. The summed E-state index contributed by atoms with van der Waals surface area (Å²) in [5, 5.41) is 0.234. The summed E-state index contributed by atoms with van der Waals surface area (Å²) in [5.74, 6) is 3.82. The van der Waals surface area contributed by atoms with E-state index < -0.39 is 16.6 Å². The fourth-order valence-corrected chi connectivity index (χ4v) is 16.1. The third-order valence-corrected chi connectivity index (χ3v) is 29.6. The largest absolute Gasteiger partial charge is 0.547 e. The van der Waals surface area contributed by atoms with Gasteiger partial charge in [-0.05, 0) is 146 Å². The summed E-state index contributed by atoms with van der Waals surface area (Å²) in [4.78, 5) is 25.1. The molecule has 4 fully saturated rings. The van der Waals surface area contributed by atoms with Crippen molar-refractivity contribution in [2.75, 3.05) is 11.8 Å². The van der Waals surface area contributed by atoms with Gasteiger partial charge in [0.15, 0.2) is 0 Å². The van der Waals surface area contributed by atoms with Crippen LogP contribution in [0.25, 0.3) is 0 Å². The van der Waals surface area contributed by atoms with Crippen molar-refractivity contribution in [3.05, 3.63) is 73.3 Å². The molecule has 4 bridgehead atoms. The summed E-state index contributed by atoms with van der Waals surface area (Å²) < 4.78 is 26.5. The van der Waals surface area contributed by atoms with E-state index >= 15 is 0 Å². The van der Waals surface area contributed by atoms with Crippen LogP contribution in [-0.2, 0) is 27.9 Å². The molecule has 14 atom stereocenters. The molecule has 0 heterocycles. The van der Waals surface area contributed by atoms with Gasteiger partial charge in [0, 0.05) is 22.7 Å². The molecule has 10 heteroatoms. The molecule has 0 aliphatic heterocycles. The third-order valence-electron chi connectivity index (χ3n) is 20.5. The predicted octanol–water partition coefficient (Wildman–Crippen LogP) is 15.8. The van der Waals surface area contributed by atoms with Crippen molar-refractivity contribution in [2.24, 2.45) is 69.0 Å². The van der Waals surface area contributed by atoms with E-state index in [2.05, 4.69) is 148 Å². The van der Waals surface area contributed by atoms with E-state index in [4.69, 9.17) is 41.5 Å². The molecule has 6 aliphatic carbocycles. The van der Waals surface area contributed by atoms with Crippen LogP contribution in [0.15, 0.2) is 73.3 Å². The second-order valence-corrected chi connectivity index (χ2v) is 35.3. The minimum absolute atomic E-state index is 0.0810. The molecule has 0 spiro atoms. The molecular weight excluding hydrogens is 896 g/mol. The van der Waals surface area contributed by atoms with Crippen molar-refractivity contribution in [3.8, 4) is 0 Å². The van der Waals surface area contributed by atoms with E-state index in [1.54, 1.807) is 0 Å². The molecular formula is C56H90Cl2O6Si2. The summed E-state index contributed by atoms with van der Waals surface area (Å²) in [5.41, 5.74) is 1.80. The average Bonchev–Trinajstić information content (AvgIpc) is 3.78. The van der Waals surface area contributed by atoms with Crippen LogP contribution >= 0.6 is 23.2 Å². The monoisotopic (exact) mass is 985 g/mol. The fraction of sp³-hybridized carbons (Fsp3) is 0.750. The minimum atomic E-state index is -2.03. The molecule has 0 aromatic carbocycles. The van der Waals surface area contributed by atoms with Crippen molar-refractivity contribution in [1.29, 1.82) is 0 Å². The molecule has 6 rings (SSSR count). The van der Waals surface area contributed by atoms with Gasteiger partial charge in [0.25, 0.3) is 0 Å². The van der Waals surface area contributed by atoms with Crippen LogP contribution in [0.2, 0.25) is 36.3 Å². The normalized spacial score (nSPS) is 38.6. The minimum Gasteiger partial charge on any atom is -0.547 e. The Balaban J connectivity index is 0.000000247. The Kier molecular flexibility index (Phi) is 16.1. The Morgan fingerprint density at radius 3 is 1.26 bits per heavy atom. The maximum absolute atomic E-state index is 12.5. The van der Waals surface area contributed by atoms with Gasteiger partial charge >= 0.3 is 11.9 Å². The molecule has 4 saturated carbocycles. The summed E-state index contributed by atoms with van der Waals surface area (Å²) in [6.45, 7) is 54.0. The third kappa shape index (κ3) is 9.24. The van der Waals surface area contributed by atoms with Crippen molar-refractivity contribution >= 4 is 51.8 Å². The average molecular weight is 986 g/mol. The van der Waals surface area contributed by atoms with Crippen LogP contribution in [0.4, 0.5) is 0 Å². The topological polar surface area (TPSA) is 71.1 Å². The predicted molar refractivity (Wildman–Crippen MR) is 281 cm³/mol. The van der Waals surface area contributed by atoms with Crippen molar-refractivity contribution in [1.82, 2.24) is 0 Å². The first kappa shape index (κ1) is 54.9. The molecule has 6 nitrogen and oxygen atoms in total. The van der Waals surface area contributed by atoms with E-state index in [0.717, 1.165) is 74.0 Å². The van der Waals surface area contributed by atoms with E-state index in [1.807, 2.05) is 12.2 Å². The maximum Gasteiger partial charge on any atom is 0.321 e. The highest BCUT2D eigenvalue weighted by Crippen LogP contribution is 2.72. The van der Waals surface area contributed by atoms with Crippen molar-refractivity contribution < 1.29 is 27.9 Å². The molecule has 0 amide bonds. The van der Waals surface area contributed by atoms with Crippen LogP contribution < -0.4 is 0 Å². The summed E-state index contributed by atoms with van der Waals surface area (Å²) in [7, 11) is -4.06. The molecule has 6 aliphatic rings. The van der Waals surface area contributed by atoms with Crippen LogP contribution in [0.3, 0.4) is 0 Å². The zero-order valence-corrected chi connectivity index (χ0v) is 47.7. The lowest BCUT2D eigenvalue weighted by molar-refractivity contribution is -0.169. The number of halogens is 2. The first-order chi connectivity index (χ1) is 30.3. The van der Waals surface area contributed by atoms with Crippen LogP contribution in [-0.4, -0.2) is 52.5 Å². The zero-order chi connectivity index (χ0) is 50.0. The lowest BCUT2D eigenvalue weighted by atomic mass is 9.48. The van der Waals surface area contributed by atoms with E-state index in [0.29, 0.717) is 23.7 Å². The van der Waals surface area contributed by atoms with Crippen molar-refractivity contribution in [3.63, 3.8) is 0 Å². The number of esters is 2. The van der Waals surface area contributed by atoms with Crippen LogP contribution in [0.1, 0.15) is 134 Å². The standard InChI is InChI=1S/2C28H45ClO3Si/c2*1-11-18(2)21-16-23(31-24(30)17-29)27(8)19(3)12-14-28(20(21)4)15-13-22(25(27)28)32-33(9,10)26(5,6)7/h2*11,13,19-21,23,25H,1-2,12,14-17H2,3-10H3/t2*19-,20+,21+,23-,25+,27+,28+/m11/s1. The second-order valence-electron chi connectivity index (χ2n) is 25.3. The smallest absolute Gasteiger partial charge is 0.321 e. The number of rotatable bonds is 12. The summed E-state index contributed by atoms with van der Waals surface area (Å²) in [6.07, 6.45) is 16.2. The second kappa shape index (κ2) is 19.3. The highest BCUT2D eigenvalue weighted by atomic mass is 35.5. The molecule has 0 unspecified atom stereocenters. The van der Waals surface area contributed by atoms with Gasteiger partial charge in [-0.3, -0.25) is 9.59 Å². The summed E-state index contributed by atoms with van der Waals surface area (Å²) >= 11 is 11.8. The first-order valence-electron chi connectivity index (χ1n) is 25.2. The molecule has 0 aromatic rings. The van der Waals surface area contributed by atoms with Gasteiger partial charge < -0.3 is 18.3 Å². The highest BCUT2D eigenvalue weighted by molar-refractivity contribution is 6.74. The van der Waals surface area contributed by atoms with Crippen molar-refractivity contribution in [2.45, 2.75) is 183 Å². The van der Waals surface area contributed by atoms with Gasteiger partial charge in [0.1, 0.15) is 24.0 Å². The van der Waals surface area contributed by atoms with E-state index in [-0.39, 0.29) is 91.3 Å². The fourth-order valence-electron chi connectivity index (χ4n) is 13.7.